The van der Waals surface area contributed by atoms with E-state index in [0.29, 0.717) is 48.2 Å². The number of benzene rings is 3. The van der Waals surface area contributed by atoms with E-state index in [9.17, 15) is 4.79 Å². The molecule has 6 rings (SSSR count). The van der Waals surface area contributed by atoms with Crippen molar-refractivity contribution >= 4 is 53.8 Å². The van der Waals surface area contributed by atoms with E-state index in [2.05, 4.69) is 118 Å². The first-order valence-electron chi connectivity index (χ1n) is 23.5. The number of ether oxygens (including phenoxy) is 2. The SMILES string of the molecule is CN(C)C(=O)c1cccc(-c2ccc(CNc3nc4c(N)ncnc4n3[C@@H]3O[C@H](CO[Si](C)(C)C(C)(C)C)[C@@H](O[Si](C)(C)C(C)(C)C)[C@H]3O[Si](C)(C)C(C)(C)C)cc2OCc2ccccc2)c1. The van der Waals surface area contributed by atoms with Crippen LogP contribution in [0.3, 0.4) is 0 Å². The number of nitrogens with one attached hydrogen (secondary N) is 1. The Labute approximate surface area is 402 Å². The van der Waals surface area contributed by atoms with Gasteiger partial charge in [-0.2, -0.15) is 0 Å². The summed E-state index contributed by atoms with van der Waals surface area (Å²) in [6, 6.07) is 23.9. The maximum atomic E-state index is 13.0. The van der Waals surface area contributed by atoms with E-state index >= 15 is 0 Å². The number of anilines is 2. The average Bonchev–Trinajstić information content (AvgIpc) is 3.77. The fourth-order valence-corrected chi connectivity index (χ4v) is 10.8. The van der Waals surface area contributed by atoms with Gasteiger partial charge in [0.1, 0.15) is 37.0 Å². The number of fused-ring (bicyclic) bond motifs is 1. The molecule has 0 bridgehead atoms. The second-order valence-electron chi connectivity index (χ2n) is 22.8. The lowest BCUT2D eigenvalue weighted by Crippen LogP contribution is -2.54. The van der Waals surface area contributed by atoms with Crippen LogP contribution in [0, 0.1) is 0 Å². The lowest BCUT2D eigenvalue weighted by Gasteiger charge is -2.44. The van der Waals surface area contributed by atoms with E-state index in [1.165, 1.54) is 6.33 Å². The molecule has 1 saturated heterocycles. The molecule has 1 amide bonds. The van der Waals surface area contributed by atoms with Gasteiger partial charge in [-0.05, 0) is 89.3 Å². The number of nitrogens with zero attached hydrogens (tertiary/aromatic N) is 5. The predicted molar refractivity (Wildman–Crippen MR) is 279 cm³/mol. The van der Waals surface area contributed by atoms with Gasteiger partial charge in [0.2, 0.25) is 5.95 Å². The molecule has 67 heavy (non-hydrogen) atoms. The number of imidazole rings is 1. The summed E-state index contributed by atoms with van der Waals surface area (Å²) in [6.45, 7) is 35.0. The molecule has 3 heterocycles. The summed E-state index contributed by atoms with van der Waals surface area (Å²) in [5, 5.41) is 3.44. The molecular weight excluding hydrogens is 891 g/mol. The second-order valence-corrected chi connectivity index (χ2v) is 37.1. The van der Waals surface area contributed by atoms with Crippen molar-refractivity contribution < 1.29 is 27.5 Å². The molecule has 13 nitrogen and oxygen atoms in total. The lowest BCUT2D eigenvalue weighted by molar-refractivity contribution is -0.0461. The molecule has 1 aliphatic heterocycles. The fourth-order valence-electron chi connectivity index (χ4n) is 7.18. The molecular formula is C51H77N7O6Si3. The van der Waals surface area contributed by atoms with E-state index in [1.54, 1.807) is 19.0 Å². The first kappa shape index (κ1) is 52.0. The number of amides is 1. The zero-order valence-electron chi connectivity index (χ0n) is 43.2. The number of hydrogen-bond donors (Lipinski definition) is 2. The maximum absolute atomic E-state index is 13.0. The lowest BCUT2D eigenvalue weighted by atomic mass is 10.00. The summed E-state index contributed by atoms with van der Waals surface area (Å²) in [7, 11) is -3.61. The average molecular weight is 968 g/mol. The van der Waals surface area contributed by atoms with Crippen LogP contribution >= 0.6 is 0 Å². The van der Waals surface area contributed by atoms with Gasteiger partial charge in [-0.25, -0.2) is 15.0 Å². The van der Waals surface area contributed by atoms with Crippen molar-refractivity contribution in [1.82, 2.24) is 24.4 Å². The Hall–Kier alpha value is -4.43. The van der Waals surface area contributed by atoms with Gasteiger partial charge >= 0.3 is 0 Å². The van der Waals surface area contributed by atoms with Crippen molar-refractivity contribution in [2.75, 3.05) is 31.8 Å². The summed E-state index contributed by atoms with van der Waals surface area (Å²) in [5.74, 6) is 1.37. The number of aromatic nitrogens is 4. The van der Waals surface area contributed by atoms with Crippen LogP contribution in [0.2, 0.25) is 54.4 Å². The quantitative estimate of drug-likeness (QED) is 0.0910. The molecule has 2 aromatic heterocycles. The Morgan fingerprint density at radius 1 is 0.776 bits per heavy atom. The minimum Gasteiger partial charge on any atom is -0.488 e. The normalized spacial score (nSPS) is 18.6. The van der Waals surface area contributed by atoms with E-state index in [1.807, 2.05) is 71.3 Å². The third-order valence-electron chi connectivity index (χ3n) is 14.5. The zero-order chi connectivity index (χ0) is 49.5. The van der Waals surface area contributed by atoms with Crippen LogP contribution in [0.25, 0.3) is 22.3 Å². The first-order valence-corrected chi connectivity index (χ1v) is 32.2. The van der Waals surface area contributed by atoms with Crippen molar-refractivity contribution in [2.24, 2.45) is 0 Å². The van der Waals surface area contributed by atoms with Crippen molar-refractivity contribution in [1.29, 1.82) is 0 Å². The fraction of sp³-hybridized carbons (Fsp3) is 0.529. The highest BCUT2D eigenvalue weighted by Crippen LogP contribution is 2.48. The molecule has 4 atom stereocenters. The van der Waals surface area contributed by atoms with Crippen molar-refractivity contribution in [3.8, 4) is 16.9 Å². The van der Waals surface area contributed by atoms with Crippen molar-refractivity contribution in [3.63, 3.8) is 0 Å². The van der Waals surface area contributed by atoms with Crippen molar-refractivity contribution in [2.45, 2.75) is 154 Å². The second kappa shape index (κ2) is 19.5. The van der Waals surface area contributed by atoms with Gasteiger partial charge in [-0.15, -0.1) is 0 Å². The van der Waals surface area contributed by atoms with Crippen LogP contribution in [0.15, 0.2) is 79.1 Å². The summed E-state index contributed by atoms with van der Waals surface area (Å²) < 4.78 is 37.9. The molecule has 3 aromatic carbocycles. The molecule has 364 valence electrons. The summed E-state index contributed by atoms with van der Waals surface area (Å²) >= 11 is 0. The van der Waals surface area contributed by atoms with Gasteiger partial charge in [-0.1, -0.05) is 117 Å². The van der Waals surface area contributed by atoms with E-state index < -0.39 is 49.5 Å². The first-order chi connectivity index (χ1) is 31.0. The standard InChI is InChI=1S/C51H77N7O6Si3/c1-49(2,3)65(12,13)61-32-40-42(63-66(14,15)50(4,5)6)43(64-67(16,17)51(7,8)9)47(62-40)58-45-41(44(52)54-33-55-45)56-48(58)53-30-35-26-27-38(36-24-21-25-37(29-36)46(59)57(10)11)39(28-35)60-31-34-22-19-18-20-23-34/h18-29,33,40,42-43,47H,30-32H2,1-17H3,(H,53,56)(H2,52,54,55)/t40-,42-,43-,47-/m1/s1. The Morgan fingerprint density at radius 3 is 2.01 bits per heavy atom. The highest BCUT2D eigenvalue weighted by molar-refractivity contribution is 6.75. The zero-order valence-corrected chi connectivity index (χ0v) is 46.2. The number of nitrogens with two attached hydrogens (primary N) is 1. The summed E-state index contributed by atoms with van der Waals surface area (Å²) in [4.78, 5) is 28.8. The van der Waals surface area contributed by atoms with Crippen LogP contribution in [-0.4, -0.2) is 94.3 Å². The highest BCUT2D eigenvalue weighted by atomic mass is 28.4. The summed E-state index contributed by atoms with van der Waals surface area (Å²) in [5.41, 5.74) is 11.9. The smallest absolute Gasteiger partial charge is 0.253 e. The number of carbonyl (C=O) groups excluding carboxylic acids is 1. The Morgan fingerprint density at radius 2 is 1.40 bits per heavy atom. The summed E-state index contributed by atoms with van der Waals surface area (Å²) in [6.07, 6.45) is -0.725. The Bertz CT molecular complexity index is 2510. The number of rotatable bonds is 16. The minimum atomic E-state index is -2.48. The predicted octanol–water partition coefficient (Wildman–Crippen LogP) is 11.7. The molecule has 0 spiro atoms. The molecule has 1 fully saturated rings. The monoisotopic (exact) mass is 968 g/mol. The molecule has 3 N–H and O–H groups in total. The van der Waals surface area contributed by atoms with Gasteiger partial charge in [0.15, 0.2) is 48.2 Å². The van der Waals surface area contributed by atoms with Gasteiger partial charge in [-0.3, -0.25) is 9.36 Å². The molecule has 16 heteroatoms. The molecule has 1 aliphatic rings. The molecule has 0 unspecified atom stereocenters. The third-order valence-corrected chi connectivity index (χ3v) is 27.9. The van der Waals surface area contributed by atoms with Gasteiger partial charge in [0, 0.05) is 31.8 Å². The Balaban J connectivity index is 1.45. The van der Waals surface area contributed by atoms with E-state index in [-0.39, 0.29) is 26.8 Å². The molecule has 0 aliphatic carbocycles. The van der Waals surface area contributed by atoms with Crippen LogP contribution < -0.4 is 15.8 Å². The van der Waals surface area contributed by atoms with Gasteiger partial charge < -0.3 is 38.7 Å². The molecule has 0 radical (unpaired) electrons. The topological polar surface area (TPSA) is 148 Å². The Kier molecular flexibility index (Phi) is 15.1. The van der Waals surface area contributed by atoms with Gasteiger partial charge in [0.05, 0.1) is 6.61 Å². The van der Waals surface area contributed by atoms with Crippen LogP contribution in [0.4, 0.5) is 11.8 Å². The largest absolute Gasteiger partial charge is 0.488 e. The maximum Gasteiger partial charge on any atom is 0.253 e. The van der Waals surface area contributed by atoms with Crippen LogP contribution in [0.1, 0.15) is 90.0 Å². The highest BCUT2D eigenvalue weighted by Gasteiger charge is 2.55. The van der Waals surface area contributed by atoms with Crippen molar-refractivity contribution in [3.05, 3.63) is 95.8 Å². The number of nitrogen functional groups attached to an aromatic ring is 1. The van der Waals surface area contributed by atoms with Crippen LogP contribution in [0.5, 0.6) is 5.75 Å². The molecule has 0 saturated carbocycles. The molecule has 5 aromatic rings. The number of carbonyl (C=O) groups is 1. The minimum absolute atomic E-state index is 0.0102. The third kappa shape index (κ3) is 11.5. The number of hydrogen-bond acceptors (Lipinski definition) is 11. The van der Waals surface area contributed by atoms with E-state index in [0.717, 1.165) is 22.3 Å². The van der Waals surface area contributed by atoms with Gasteiger partial charge in [0.25, 0.3) is 5.91 Å². The van der Waals surface area contributed by atoms with E-state index in [4.69, 9.17) is 38.5 Å². The van der Waals surface area contributed by atoms with Crippen LogP contribution in [-0.2, 0) is 31.2 Å².